The molecule has 3 aliphatic heterocycles. The molecule has 7 heteroatoms. The van der Waals surface area contributed by atoms with E-state index in [-0.39, 0.29) is 23.8 Å². The van der Waals surface area contributed by atoms with E-state index < -0.39 is 17.4 Å². The number of unbranched alkanes of at least 4 members (excludes halogenated alkanes) is 1. The lowest BCUT2D eigenvalue weighted by atomic mass is 9.76. The van der Waals surface area contributed by atoms with Gasteiger partial charge in [0.15, 0.2) is 0 Å². The Hall–Kier alpha value is -1.73. The number of imide groups is 1. The molecule has 132 valence electrons. The molecule has 4 atom stereocenters. The van der Waals surface area contributed by atoms with Crippen molar-refractivity contribution in [1.29, 1.82) is 0 Å². The van der Waals surface area contributed by atoms with Crippen molar-refractivity contribution in [2.24, 2.45) is 11.8 Å². The Balaban J connectivity index is 1.83. The number of amides is 3. The summed E-state index contributed by atoms with van der Waals surface area (Å²) < 4.78 is 0.833. The molecule has 1 aromatic carbocycles. The highest BCUT2D eigenvalue weighted by molar-refractivity contribution is 9.10. The Morgan fingerprint density at radius 1 is 1.24 bits per heavy atom. The van der Waals surface area contributed by atoms with Crippen LogP contribution in [0.1, 0.15) is 32.3 Å². The molecule has 0 radical (unpaired) electrons. The van der Waals surface area contributed by atoms with Crippen LogP contribution in [-0.2, 0) is 19.9 Å². The number of anilines is 1. The molecule has 4 rings (SSSR count). The molecule has 2 N–H and O–H groups in total. The maximum absolute atomic E-state index is 13.1. The van der Waals surface area contributed by atoms with Gasteiger partial charge < -0.3 is 5.32 Å². The number of nitrogens with zero attached hydrogens (tertiary/aromatic N) is 1. The highest BCUT2D eigenvalue weighted by Gasteiger charge is 2.69. The minimum atomic E-state index is -1.17. The van der Waals surface area contributed by atoms with Gasteiger partial charge in [0.2, 0.25) is 17.7 Å². The zero-order chi connectivity index (χ0) is 17.9. The summed E-state index contributed by atoms with van der Waals surface area (Å²) in [5, 5.41) is 6.18. The van der Waals surface area contributed by atoms with Crippen molar-refractivity contribution in [1.82, 2.24) is 10.2 Å². The number of hydrogen-bond donors (Lipinski definition) is 2. The van der Waals surface area contributed by atoms with Crippen LogP contribution in [0, 0.1) is 11.8 Å². The van der Waals surface area contributed by atoms with E-state index in [4.69, 9.17) is 0 Å². The van der Waals surface area contributed by atoms with Gasteiger partial charge in [-0.1, -0.05) is 29.3 Å². The van der Waals surface area contributed by atoms with E-state index >= 15 is 0 Å². The van der Waals surface area contributed by atoms with Crippen LogP contribution in [-0.4, -0.2) is 35.2 Å². The molecule has 6 nitrogen and oxygen atoms in total. The Bertz CT molecular complexity index is 796. The van der Waals surface area contributed by atoms with E-state index in [0.717, 1.165) is 22.9 Å². The Kier molecular flexibility index (Phi) is 3.77. The third-order valence-corrected chi connectivity index (χ3v) is 6.14. The fourth-order valence-corrected chi connectivity index (χ4v) is 4.89. The summed E-state index contributed by atoms with van der Waals surface area (Å²) in [7, 11) is 0. The van der Waals surface area contributed by atoms with Crippen molar-refractivity contribution >= 4 is 39.3 Å². The van der Waals surface area contributed by atoms with Gasteiger partial charge in [-0.3, -0.25) is 24.6 Å². The zero-order valence-electron chi connectivity index (χ0n) is 14.1. The second kappa shape index (κ2) is 5.64. The molecule has 1 spiro atoms. The van der Waals surface area contributed by atoms with Crippen LogP contribution in [0.4, 0.5) is 5.69 Å². The van der Waals surface area contributed by atoms with Crippen molar-refractivity contribution in [2.75, 3.05) is 11.9 Å². The molecule has 1 aromatic rings. The minimum Gasteiger partial charge on any atom is -0.324 e. The second-order valence-electron chi connectivity index (χ2n) is 7.07. The average molecular weight is 406 g/mol. The van der Waals surface area contributed by atoms with Gasteiger partial charge >= 0.3 is 0 Å². The number of hydrogen-bond acceptors (Lipinski definition) is 4. The number of carbonyl (C=O) groups is 3. The maximum Gasteiger partial charge on any atom is 0.250 e. The first kappa shape index (κ1) is 16.7. The van der Waals surface area contributed by atoms with Gasteiger partial charge in [-0.15, -0.1) is 0 Å². The van der Waals surface area contributed by atoms with Crippen LogP contribution < -0.4 is 10.6 Å². The molecule has 2 saturated heterocycles. The fourth-order valence-electron chi connectivity index (χ4n) is 4.53. The molecule has 25 heavy (non-hydrogen) atoms. The zero-order valence-corrected chi connectivity index (χ0v) is 15.7. The van der Waals surface area contributed by atoms with Crippen molar-refractivity contribution < 1.29 is 14.4 Å². The number of benzene rings is 1. The summed E-state index contributed by atoms with van der Waals surface area (Å²) in [5.74, 6) is -1.83. The number of nitrogens with one attached hydrogen (secondary N) is 2. The lowest BCUT2D eigenvalue weighted by molar-refractivity contribution is -0.142. The molecule has 3 aliphatic rings. The first-order valence-electron chi connectivity index (χ1n) is 8.66. The SMILES string of the molecule is CCCCN1C(=O)C2C(C)NC3(C(=O)Nc4ccc(Br)cc43)C2C1=O. The van der Waals surface area contributed by atoms with Gasteiger partial charge in [0.1, 0.15) is 5.54 Å². The number of likely N-dealkylation sites (tertiary alicyclic amines) is 1. The summed E-state index contributed by atoms with van der Waals surface area (Å²) in [6, 6.07) is 5.29. The maximum atomic E-state index is 13.1. The molecule has 0 saturated carbocycles. The largest absolute Gasteiger partial charge is 0.324 e. The van der Waals surface area contributed by atoms with Gasteiger partial charge in [0.25, 0.3) is 0 Å². The van der Waals surface area contributed by atoms with Gasteiger partial charge in [-0.2, -0.15) is 0 Å². The monoisotopic (exact) mass is 405 g/mol. The molecule has 3 heterocycles. The summed E-state index contributed by atoms with van der Waals surface area (Å²) in [4.78, 5) is 40.3. The quantitative estimate of drug-likeness (QED) is 0.753. The molecular formula is C18H20BrN3O3. The molecule has 0 aliphatic carbocycles. The van der Waals surface area contributed by atoms with E-state index in [9.17, 15) is 14.4 Å². The molecular weight excluding hydrogens is 386 g/mol. The standard InChI is InChI=1S/C18H20BrN3O3/c1-3-4-7-22-15(23)13-9(2)21-18(14(13)16(22)24)11-8-10(19)5-6-12(11)20-17(18)25/h5-6,8-9,13-14,21H,3-4,7H2,1-2H3,(H,20,25). The Labute approximate surface area is 154 Å². The molecule has 4 unspecified atom stereocenters. The second-order valence-corrected chi connectivity index (χ2v) is 7.99. The third kappa shape index (κ3) is 2.08. The highest BCUT2D eigenvalue weighted by Crippen LogP contribution is 2.53. The summed E-state index contributed by atoms with van der Waals surface area (Å²) >= 11 is 3.45. The van der Waals surface area contributed by atoms with E-state index in [1.807, 2.05) is 32.0 Å². The first-order chi connectivity index (χ1) is 11.9. The predicted molar refractivity (Wildman–Crippen MR) is 95.7 cm³/mol. The third-order valence-electron chi connectivity index (χ3n) is 5.65. The number of rotatable bonds is 3. The predicted octanol–water partition coefficient (Wildman–Crippen LogP) is 1.99. The summed E-state index contributed by atoms with van der Waals surface area (Å²) in [6.07, 6.45) is 1.68. The van der Waals surface area contributed by atoms with Crippen LogP contribution in [0.2, 0.25) is 0 Å². The van der Waals surface area contributed by atoms with Gasteiger partial charge in [-0.05, 0) is 31.5 Å². The lowest BCUT2D eigenvalue weighted by Crippen LogP contribution is -2.53. The number of halogens is 1. The summed E-state index contributed by atoms with van der Waals surface area (Å²) in [5.41, 5.74) is 0.266. The fraction of sp³-hybridized carbons (Fsp3) is 0.500. The van der Waals surface area contributed by atoms with E-state index in [2.05, 4.69) is 26.6 Å². The van der Waals surface area contributed by atoms with Gasteiger partial charge in [-0.25, -0.2) is 0 Å². The van der Waals surface area contributed by atoms with Crippen molar-refractivity contribution in [3.8, 4) is 0 Å². The first-order valence-corrected chi connectivity index (χ1v) is 9.45. The van der Waals surface area contributed by atoms with Crippen LogP contribution >= 0.6 is 15.9 Å². The normalized spacial score (nSPS) is 33.2. The van der Waals surface area contributed by atoms with Crippen LogP contribution in [0.3, 0.4) is 0 Å². The van der Waals surface area contributed by atoms with Gasteiger partial charge in [0, 0.05) is 28.3 Å². The number of carbonyl (C=O) groups excluding carboxylic acids is 3. The van der Waals surface area contributed by atoms with Crippen molar-refractivity contribution in [3.63, 3.8) is 0 Å². The average Bonchev–Trinajstić information content (AvgIpc) is 3.12. The Morgan fingerprint density at radius 3 is 2.72 bits per heavy atom. The minimum absolute atomic E-state index is 0.156. The molecule has 0 bridgehead atoms. The highest BCUT2D eigenvalue weighted by atomic mass is 79.9. The van der Waals surface area contributed by atoms with Gasteiger partial charge in [0.05, 0.1) is 11.8 Å². The molecule has 2 fully saturated rings. The lowest BCUT2D eigenvalue weighted by Gasteiger charge is -2.29. The van der Waals surface area contributed by atoms with E-state index in [1.54, 1.807) is 0 Å². The van der Waals surface area contributed by atoms with Crippen LogP contribution in [0.5, 0.6) is 0 Å². The topological polar surface area (TPSA) is 78.5 Å². The number of fused-ring (bicyclic) bond motifs is 4. The van der Waals surface area contributed by atoms with E-state index in [1.165, 1.54) is 4.90 Å². The van der Waals surface area contributed by atoms with Crippen LogP contribution in [0.15, 0.2) is 22.7 Å². The van der Waals surface area contributed by atoms with Crippen molar-refractivity contribution in [2.45, 2.75) is 38.3 Å². The smallest absolute Gasteiger partial charge is 0.250 e. The van der Waals surface area contributed by atoms with E-state index in [0.29, 0.717) is 12.2 Å². The Morgan fingerprint density at radius 2 is 2.00 bits per heavy atom. The van der Waals surface area contributed by atoms with Crippen LogP contribution in [0.25, 0.3) is 0 Å². The summed E-state index contributed by atoms with van der Waals surface area (Å²) in [6.45, 7) is 4.33. The van der Waals surface area contributed by atoms with Crippen molar-refractivity contribution in [3.05, 3.63) is 28.2 Å². The molecule has 3 amide bonds. The molecule has 0 aromatic heterocycles.